The van der Waals surface area contributed by atoms with Gasteiger partial charge in [-0.15, -0.1) is 0 Å². The number of benzene rings is 1. The molecule has 0 heterocycles. The van der Waals surface area contributed by atoms with E-state index in [0.717, 1.165) is 6.07 Å². The Kier molecular flexibility index (Phi) is 7.11. The molecule has 112 valence electrons. The molecule has 0 bridgehead atoms. The Labute approximate surface area is 117 Å². The van der Waals surface area contributed by atoms with Crippen molar-refractivity contribution in [3.05, 3.63) is 35.4 Å². The zero-order valence-corrected chi connectivity index (χ0v) is 11.6. The predicted molar refractivity (Wildman–Crippen MR) is 70.1 cm³/mol. The minimum Gasteiger partial charge on any atom is -0.351 e. The van der Waals surface area contributed by atoms with Crippen LogP contribution in [0.5, 0.6) is 0 Å². The summed E-state index contributed by atoms with van der Waals surface area (Å²) in [5.74, 6) is -2.37. The number of amides is 1. The molecule has 0 fully saturated rings. The van der Waals surface area contributed by atoms with Crippen LogP contribution in [0, 0.1) is 11.6 Å². The average molecular weight is 287 g/mol. The van der Waals surface area contributed by atoms with E-state index in [2.05, 4.69) is 5.32 Å². The van der Waals surface area contributed by atoms with Crippen LogP contribution in [0.1, 0.15) is 19.4 Å². The fraction of sp³-hybridized carbons (Fsp3) is 0.500. The van der Waals surface area contributed by atoms with E-state index in [1.807, 2.05) is 13.8 Å². The molecule has 1 rings (SSSR count). The monoisotopic (exact) mass is 287 g/mol. The molecule has 0 aliphatic rings. The fourth-order valence-corrected chi connectivity index (χ4v) is 1.66. The van der Waals surface area contributed by atoms with Crippen molar-refractivity contribution in [1.82, 2.24) is 5.32 Å². The first-order valence-corrected chi connectivity index (χ1v) is 6.51. The first-order valence-electron chi connectivity index (χ1n) is 6.51. The summed E-state index contributed by atoms with van der Waals surface area (Å²) in [5.41, 5.74) is 0.0202. The highest BCUT2D eigenvalue weighted by atomic mass is 19.2. The molecule has 0 aliphatic carbocycles. The number of hydrogen-bond acceptors (Lipinski definition) is 3. The Hall–Kier alpha value is -1.53. The Balaban J connectivity index is 2.48. The first kappa shape index (κ1) is 16.5. The van der Waals surface area contributed by atoms with Crippen molar-refractivity contribution in [2.75, 3.05) is 19.8 Å². The normalized spacial score (nSPS) is 10.8. The highest BCUT2D eigenvalue weighted by Crippen LogP contribution is 2.11. The molecule has 1 aromatic carbocycles. The lowest BCUT2D eigenvalue weighted by molar-refractivity contribution is -0.140. The standard InChI is InChI=1S/C14H19F2NO3/c1-3-19-13(20-4-2)9-17-12(18)8-10-6-5-7-11(15)14(10)16/h5-7,13H,3-4,8-9H2,1-2H3,(H,17,18). The Morgan fingerprint density at radius 1 is 1.25 bits per heavy atom. The molecule has 0 unspecified atom stereocenters. The van der Waals surface area contributed by atoms with Gasteiger partial charge in [-0.3, -0.25) is 4.79 Å². The number of ether oxygens (including phenoxy) is 2. The van der Waals surface area contributed by atoms with Crippen LogP contribution in [0.15, 0.2) is 18.2 Å². The van der Waals surface area contributed by atoms with Crippen LogP contribution in [0.25, 0.3) is 0 Å². The van der Waals surface area contributed by atoms with Crippen LogP contribution < -0.4 is 5.32 Å². The second-order valence-electron chi connectivity index (χ2n) is 4.03. The molecular formula is C14H19F2NO3. The van der Waals surface area contributed by atoms with Gasteiger partial charge in [0.2, 0.25) is 5.91 Å². The largest absolute Gasteiger partial charge is 0.351 e. The van der Waals surface area contributed by atoms with Crippen LogP contribution in [0.2, 0.25) is 0 Å². The third-order valence-corrected chi connectivity index (χ3v) is 2.55. The summed E-state index contributed by atoms with van der Waals surface area (Å²) in [7, 11) is 0. The number of halogens is 2. The van der Waals surface area contributed by atoms with E-state index >= 15 is 0 Å². The molecular weight excluding hydrogens is 268 g/mol. The van der Waals surface area contributed by atoms with Gasteiger partial charge in [0.15, 0.2) is 17.9 Å². The molecule has 4 nitrogen and oxygen atoms in total. The lowest BCUT2D eigenvalue weighted by Gasteiger charge is -2.17. The van der Waals surface area contributed by atoms with E-state index in [-0.39, 0.29) is 18.5 Å². The SMILES string of the molecule is CCOC(CNC(=O)Cc1cccc(F)c1F)OCC. The zero-order valence-electron chi connectivity index (χ0n) is 11.6. The van der Waals surface area contributed by atoms with Crippen molar-refractivity contribution in [1.29, 1.82) is 0 Å². The van der Waals surface area contributed by atoms with Crippen molar-refractivity contribution < 1.29 is 23.0 Å². The first-order chi connectivity index (χ1) is 9.58. The summed E-state index contributed by atoms with van der Waals surface area (Å²) in [5, 5.41) is 2.57. The van der Waals surface area contributed by atoms with Crippen LogP contribution in [0.3, 0.4) is 0 Å². The van der Waals surface area contributed by atoms with Gasteiger partial charge in [0.1, 0.15) is 0 Å². The molecule has 0 radical (unpaired) electrons. The smallest absolute Gasteiger partial charge is 0.224 e. The Morgan fingerprint density at radius 3 is 2.50 bits per heavy atom. The van der Waals surface area contributed by atoms with Gasteiger partial charge in [-0.25, -0.2) is 8.78 Å². The molecule has 0 saturated heterocycles. The summed E-state index contributed by atoms with van der Waals surface area (Å²) in [6.45, 7) is 4.71. The molecule has 1 N–H and O–H groups in total. The number of hydrogen-bond donors (Lipinski definition) is 1. The summed E-state index contributed by atoms with van der Waals surface area (Å²) >= 11 is 0. The number of carbonyl (C=O) groups excluding carboxylic acids is 1. The minimum absolute atomic E-state index is 0.0202. The molecule has 0 aliphatic heterocycles. The Morgan fingerprint density at radius 2 is 1.90 bits per heavy atom. The van der Waals surface area contributed by atoms with E-state index in [1.165, 1.54) is 12.1 Å². The molecule has 1 amide bonds. The van der Waals surface area contributed by atoms with Gasteiger partial charge in [-0.05, 0) is 19.9 Å². The van der Waals surface area contributed by atoms with Crippen LogP contribution >= 0.6 is 0 Å². The number of rotatable bonds is 8. The van der Waals surface area contributed by atoms with E-state index in [9.17, 15) is 13.6 Å². The van der Waals surface area contributed by atoms with Crippen LogP contribution in [-0.4, -0.2) is 32.0 Å². The van der Waals surface area contributed by atoms with Crippen molar-refractivity contribution in [2.45, 2.75) is 26.6 Å². The van der Waals surface area contributed by atoms with E-state index < -0.39 is 23.8 Å². The minimum atomic E-state index is -0.992. The number of carbonyl (C=O) groups is 1. The van der Waals surface area contributed by atoms with E-state index in [4.69, 9.17) is 9.47 Å². The highest BCUT2D eigenvalue weighted by Gasteiger charge is 2.13. The molecule has 1 aromatic rings. The lowest BCUT2D eigenvalue weighted by atomic mass is 10.1. The maximum atomic E-state index is 13.4. The molecule has 6 heteroatoms. The summed E-state index contributed by atoms with van der Waals surface area (Å²) in [4.78, 5) is 11.7. The van der Waals surface area contributed by atoms with Gasteiger partial charge in [-0.1, -0.05) is 12.1 Å². The fourth-order valence-electron chi connectivity index (χ4n) is 1.66. The Bertz CT molecular complexity index is 434. The van der Waals surface area contributed by atoms with Gasteiger partial charge >= 0.3 is 0 Å². The molecule has 20 heavy (non-hydrogen) atoms. The van der Waals surface area contributed by atoms with Crippen molar-refractivity contribution in [3.63, 3.8) is 0 Å². The van der Waals surface area contributed by atoms with Gasteiger partial charge in [0, 0.05) is 18.8 Å². The predicted octanol–water partition coefficient (Wildman–Crippen LogP) is 2.02. The van der Waals surface area contributed by atoms with E-state index in [1.54, 1.807) is 0 Å². The highest BCUT2D eigenvalue weighted by molar-refractivity contribution is 5.78. The summed E-state index contributed by atoms with van der Waals surface area (Å²) < 4.78 is 36.9. The van der Waals surface area contributed by atoms with Crippen molar-refractivity contribution >= 4 is 5.91 Å². The average Bonchev–Trinajstić information content (AvgIpc) is 2.42. The second kappa shape index (κ2) is 8.60. The summed E-state index contributed by atoms with van der Waals surface area (Å²) in [6.07, 6.45) is -0.763. The molecule has 0 saturated carbocycles. The van der Waals surface area contributed by atoms with Gasteiger partial charge in [0.25, 0.3) is 0 Å². The third kappa shape index (κ3) is 5.22. The zero-order chi connectivity index (χ0) is 15.0. The van der Waals surface area contributed by atoms with Gasteiger partial charge in [-0.2, -0.15) is 0 Å². The maximum Gasteiger partial charge on any atom is 0.224 e. The van der Waals surface area contributed by atoms with Crippen LogP contribution in [-0.2, 0) is 20.7 Å². The topological polar surface area (TPSA) is 47.6 Å². The quantitative estimate of drug-likeness (QED) is 0.744. The van der Waals surface area contributed by atoms with Crippen molar-refractivity contribution in [3.8, 4) is 0 Å². The number of nitrogens with one attached hydrogen (secondary N) is 1. The lowest BCUT2D eigenvalue weighted by Crippen LogP contribution is -2.36. The van der Waals surface area contributed by atoms with E-state index in [0.29, 0.717) is 13.2 Å². The third-order valence-electron chi connectivity index (χ3n) is 2.55. The molecule has 0 aromatic heterocycles. The molecule has 0 spiro atoms. The van der Waals surface area contributed by atoms with Gasteiger partial charge < -0.3 is 14.8 Å². The van der Waals surface area contributed by atoms with Gasteiger partial charge in [0.05, 0.1) is 13.0 Å². The molecule has 0 atom stereocenters. The maximum absolute atomic E-state index is 13.4. The van der Waals surface area contributed by atoms with Crippen LogP contribution in [0.4, 0.5) is 8.78 Å². The second-order valence-corrected chi connectivity index (χ2v) is 4.03. The van der Waals surface area contributed by atoms with Crippen molar-refractivity contribution in [2.24, 2.45) is 0 Å². The summed E-state index contributed by atoms with van der Waals surface area (Å²) in [6, 6.07) is 3.75.